The van der Waals surface area contributed by atoms with Crippen LogP contribution in [0.15, 0.2) is 36.5 Å². The summed E-state index contributed by atoms with van der Waals surface area (Å²) in [4.78, 5) is 37.8. The van der Waals surface area contributed by atoms with Crippen LogP contribution < -0.4 is 10.2 Å². The molecule has 0 spiro atoms. The van der Waals surface area contributed by atoms with Gasteiger partial charge in [-0.3, -0.25) is 9.59 Å². The van der Waals surface area contributed by atoms with E-state index in [-0.39, 0.29) is 17.3 Å². The average Bonchev–Trinajstić information content (AvgIpc) is 3.35. The quantitative estimate of drug-likeness (QED) is 0.587. The first kappa shape index (κ1) is 24.0. The number of nitrogens with one attached hydrogen (secondary N) is 2. The van der Waals surface area contributed by atoms with Crippen LogP contribution in [0.25, 0.3) is 27.6 Å². The fourth-order valence-electron chi connectivity index (χ4n) is 4.95. The van der Waals surface area contributed by atoms with Crippen molar-refractivity contribution in [1.29, 1.82) is 0 Å². The van der Waals surface area contributed by atoms with Crippen molar-refractivity contribution >= 4 is 34.1 Å². The summed E-state index contributed by atoms with van der Waals surface area (Å²) in [5, 5.41) is 3.99. The fraction of sp³-hybridized carbons (Fsp3) is 0.370. The fourth-order valence-corrected chi connectivity index (χ4v) is 4.95. The number of aromatic amines is 1. The van der Waals surface area contributed by atoms with Crippen molar-refractivity contribution in [2.24, 2.45) is 0 Å². The molecular formula is C27H31FN6O2. The second-order valence-corrected chi connectivity index (χ2v) is 9.56. The van der Waals surface area contributed by atoms with E-state index in [9.17, 15) is 9.59 Å². The largest absolute Gasteiger partial charge is 0.354 e. The number of aromatic nitrogens is 2. The molecule has 0 aliphatic carbocycles. The van der Waals surface area contributed by atoms with Gasteiger partial charge in [0, 0.05) is 77.4 Å². The SMILES string of the molecule is CC(=O)N1CCC=C(c2cc(-c3ccnc(N4CCNCC4)c3)c3cc(C(=O)N(C)C)[nH]c3c2F)C1. The molecular weight excluding hydrogens is 459 g/mol. The van der Waals surface area contributed by atoms with Crippen LogP contribution in [0, 0.1) is 5.82 Å². The van der Waals surface area contributed by atoms with Crippen LogP contribution in [0.1, 0.15) is 29.4 Å². The maximum Gasteiger partial charge on any atom is 0.269 e. The number of hydrogen-bond donors (Lipinski definition) is 2. The lowest BCUT2D eigenvalue weighted by Gasteiger charge is -2.28. The maximum absolute atomic E-state index is 16.0. The molecule has 0 unspecified atom stereocenters. The third kappa shape index (κ3) is 4.46. The van der Waals surface area contributed by atoms with Crippen LogP contribution in [0.2, 0.25) is 0 Å². The van der Waals surface area contributed by atoms with Crippen LogP contribution in [0.5, 0.6) is 0 Å². The minimum Gasteiger partial charge on any atom is -0.354 e. The smallest absolute Gasteiger partial charge is 0.269 e. The topological polar surface area (TPSA) is 84.6 Å². The van der Waals surface area contributed by atoms with Gasteiger partial charge in [0.2, 0.25) is 5.91 Å². The Balaban J connectivity index is 1.67. The van der Waals surface area contributed by atoms with Gasteiger partial charge in [-0.2, -0.15) is 0 Å². The summed E-state index contributed by atoms with van der Waals surface area (Å²) in [6.45, 7) is 6.02. The van der Waals surface area contributed by atoms with E-state index < -0.39 is 5.82 Å². The van der Waals surface area contributed by atoms with E-state index in [0.29, 0.717) is 36.2 Å². The van der Waals surface area contributed by atoms with Crippen LogP contribution in [0.3, 0.4) is 0 Å². The van der Waals surface area contributed by atoms with Crippen molar-refractivity contribution in [2.75, 3.05) is 58.3 Å². The zero-order valence-corrected chi connectivity index (χ0v) is 20.9. The molecule has 188 valence electrons. The van der Waals surface area contributed by atoms with E-state index in [4.69, 9.17) is 0 Å². The van der Waals surface area contributed by atoms with E-state index in [1.54, 1.807) is 31.3 Å². The number of carbonyl (C=O) groups excluding carboxylic acids is 2. The lowest BCUT2D eigenvalue weighted by Crippen LogP contribution is -2.43. The minimum atomic E-state index is -0.417. The standard InChI is InChI=1S/C27H31FN6O2/c1-17(35)34-10-4-5-19(16-34)21-14-20(18-6-7-30-24(13-18)33-11-8-29-9-12-33)22-15-23(27(36)32(2)3)31-26(22)25(21)28/h5-7,13-15,29,31H,4,8-12,16H2,1-3H3. The summed E-state index contributed by atoms with van der Waals surface area (Å²) < 4.78 is 16.0. The van der Waals surface area contributed by atoms with E-state index in [2.05, 4.69) is 20.2 Å². The molecule has 2 aliphatic rings. The molecule has 0 atom stereocenters. The number of fused-ring (bicyclic) bond motifs is 1. The van der Waals surface area contributed by atoms with Gasteiger partial charge in [0.05, 0.1) is 5.52 Å². The summed E-state index contributed by atoms with van der Waals surface area (Å²) in [7, 11) is 3.34. The van der Waals surface area contributed by atoms with Crippen molar-refractivity contribution in [3.63, 3.8) is 0 Å². The molecule has 2 aromatic heterocycles. The number of H-pyrrole nitrogens is 1. The molecule has 0 saturated carbocycles. The minimum absolute atomic E-state index is 0.0316. The lowest BCUT2D eigenvalue weighted by atomic mass is 9.93. The molecule has 2 aliphatic heterocycles. The second kappa shape index (κ2) is 9.73. The molecule has 0 bridgehead atoms. The zero-order valence-electron chi connectivity index (χ0n) is 20.9. The van der Waals surface area contributed by atoms with Crippen molar-refractivity contribution in [2.45, 2.75) is 13.3 Å². The van der Waals surface area contributed by atoms with Gasteiger partial charge in [0.15, 0.2) is 5.82 Å². The monoisotopic (exact) mass is 490 g/mol. The van der Waals surface area contributed by atoms with E-state index in [0.717, 1.165) is 48.7 Å². The Labute approximate surface area is 209 Å². The van der Waals surface area contributed by atoms with Gasteiger partial charge in [-0.15, -0.1) is 0 Å². The Hall–Kier alpha value is -3.72. The Morgan fingerprint density at radius 2 is 1.86 bits per heavy atom. The van der Waals surface area contributed by atoms with Crippen LogP contribution in [0.4, 0.5) is 10.2 Å². The molecule has 8 nitrogen and oxygen atoms in total. The summed E-state index contributed by atoms with van der Waals surface area (Å²) in [6, 6.07) is 7.52. The number of benzene rings is 1. The molecule has 2 amide bonds. The van der Waals surface area contributed by atoms with Crippen molar-refractivity contribution < 1.29 is 14.0 Å². The molecule has 1 saturated heterocycles. The van der Waals surface area contributed by atoms with Gasteiger partial charge >= 0.3 is 0 Å². The molecule has 36 heavy (non-hydrogen) atoms. The Morgan fingerprint density at radius 1 is 1.08 bits per heavy atom. The molecule has 2 N–H and O–H groups in total. The predicted octanol–water partition coefficient (Wildman–Crippen LogP) is 3.12. The van der Waals surface area contributed by atoms with Gasteiger partial charge in [-0.05, 0) is 47.4 Å². The van der Waals surface area contributed by atoms with Gasteiger partial charge in [-0.1, -0.05) is 6.08 Å². The zero-order chi connectivity index (χ0) is 25.4. The van der Waals surface area contributed by atoms with Crippen LogP contribution in [-0.2, 0) is 4.79 Å². The summed E-state index contributed by atoms with van der Waals surface area (Å²) in [5.41, 5.74) is 3.53. The first-order valence-electron chi connectivity index (χ1n) is 12.3. The van der Waals surface area contributed by atoms with Crippen LogP contribution in [-0.4, -0.2) is 84.9 Å². The van der Waals surface area contributed by atoms with Crippen molar-refractivity contribution in [3.05, 3.63) is 53.6 Å². The maximum atomic E-state index is 16.0. The van der Waals surface area contributed by atoms with Gasteiger partial charge in [-0.25, -0.2) is 9.37 Å². The summed E-state index contributed by atoms with van der Waals surface area (Å²) >= 11 is 0. The first-order chi connectivity index (χ1) is 17.3. The number of pyridine rings is 1. The Kier molecular flexibility index (Phi) is 6.49. The van der Waals surface area contributed by atoms with E-state index in [1.807, 2.05) is 24.3 Å². The number of hydrogen-bond acceptors (Lipinski definition) is 5. The number of carbonyl (C=O) groups is 2. The highest BCUT2D eigenvalue weighted by atomic mass is 19.1. The molecule has 9 heteroatoms. The molecule has 5 rings (SSSR count). The van der Waals surface area contributed by atoms with E-state index in [1.165, 1.54) is 11.8 Å². The van der Waals surface area contributed by atoms with Gasteiger partial charge in [0.1, 0.15) is 11.5 Å². The predicted molar refractivity (Wildman–Crippen MR) is 139 cm³/mol. The number of anilines is 1. The highest BCUT2D eigenvalue weighted by Gasteiger charge is 2.24. The number of rotatable bonds is 4. The second-order valence-electron chi connectivity index (χ2n) is 9.56. The van der Waals surface area contributed by atoms with E-state index >= 15 is 4.39 Å². The Bertz CT molecular complexity index is 1360. The number of piperazine rings is 1. The van der Waals surface area contributed by atoms with Crippen molar-refractivity contribution in [3.8, 4) is 11.1 Å². The number of amides is 2. The normalized spacial score (nSPS) is 16.3. The lowest BCUT2D eigenvalue weighted by molar-refractivity contribution is -0.128. The highest BCUT2D eigenvalue weighted by Crippen LogP contribution is 2.37. The Morgan fingerprint density at radius 3 is 2.58 bits per heavy atom. The first-order valence-corrected chi connectivity index (χ1v) is 12.3. The molecule has 0 radical (unpaired) electrons. The van der Waals surface area contributed by atoms with Gasteiger partial charge < -0.3 is 25.0 Å². The number of halogens is 1. The third-order valence-corrected chi connectivity index (χ3v) is 6.93. The number of nitrogens with zero attached hydrogens (tertiary/aromatic N) is 4. The van der Waals surface area contributed by atoms with Crippen LogP contribution >= 0.6 is 0 Å². The molecule has 4 heterocycles. The highest BCUT2D eigenvalue weighted by molar-refractivity contribution is 6.04. The average molecular weight is 491 g/mol. The third-order valence-electron chi connectivity index (χ3n) is 6.93. The van der Waals surface area contributed by atoms with Crippen molar-refractivity contribution in [1.82, 2.24) is 25.1 Å². The molecule has 3 aromatic rings. The summed E-state index contributed by atoms with van der Waals surface area (Å²) in [6.07, 6.45) is 4.44. The molecule has 1 aromatic carbocycles. The molecule has 1 fully saturated rings. The summed E-state index contributed by atoms with van der Waals surface area (Å²) in [5.74, 6) is 0.192. The van der Waals surface area contributed by atoms with Gasteiger partial charge in [0.25, 0.3) is 5.91 Å².